The van der Waals surface area contributed by atoms with Gasteiger partial charge in [-0.2, -0.15) is 11.8 Å². The minimum atomic E-state index is 0. The Morgan fingerprint density at radius 3 is 2.65 bits per heavy atom. The molecule has 0 amide bonds. The van der Waals surface area contributed by atoms with Gasteiger partial charge in [0.2, 0.25) is 0 Å². The Bertz CT molecular complexity index is 416. The molecule has 0 aliphatic carbocycles. The number of hydrogen-bond donors (Lipinski definition) is 2. The standard InChI is InChI=1S/C15H23N3S.HI/c1-15(9-6-10-19-15)12-18-14(16-2)17-11-13-7-4-3-5-8-13;/h3-5,7-8H,6,9-12H2,1-2H3,(H2,16,17,18);1H. The van der Waals surface area contributed by atoms with E-state index < -0.39 is 0 Å². The maximum atomic E-state index is 4.28. The Morgan fingerprint density at radius 1 is 1.30 bits per heavy atom. The highest BCUT2D eigenvalue weighted by molar-refractivity contribution is 14.0. The fourth-order valence-electron chi connectivity index (χ4n) is 2.25. The van der Waals surface area contributed by atoms with Crippen LogP contribution in [0.15, 0.2) is 35.3 Å². The van der Waals surface area contributed by atoms with Crippen molar-refractivity contribution >= 4 is 41.7 Å². The maximum absolute atomic E-state index is 4.28. The van der Waals surface area contributed by atoms with E-state index in [1.54, 1.807) is 0 Å². The second-order valence-corrected chi connectivity index (χ2v) is 6.85. The van der Waals surface area contributed by atoms with Crippen molar-refractivity contribution in [2.45, 2.75) is 31.1 Å². The molecule has 5 heteroatoms. The number of halogens is 1. The molecule has 1 unspecified atom stereocenters. The summed E-state index contributed by atoms with van der Waals surface area (Å²) in [5.41, 5.74) is 1.27. The van der Waals surface area contributed by atoms with Crippen molar-refractivity contribution < 1.29 is 0 Å². The molecular formula is C15H24IN3S. The summed E-state index contributed by atoms with van der Waals surface area (Å²) in [5.74, 6) is 2.17. The number of nitrogens with one attached hydrogen (secondary N) is 2. The predicted octanol–water partition coefficient (Wildman–Crippen LogP) is 3.26. The third-order valence-corrected chi connectivity index (χ3v) is 4.99. The smallest absolute Gasteiger partial charge is 0.191 e. The van der Waals surface area contributed by atoms with E-state index in [0.717, 1.165) is 19.0 Å². The third kappa shape index (κ3) is 5.52. The van der Waals surface area contributed by atoms with Gasteiger partial charge in [0, 0.05) is 24.9 Å². The third-order valence-electron chi connectivity index (χ3n) is 3.46. The van der Waals surface area contributed by atoms with Crippen LogP contribution in [0.1, 0.15) is 25.3 Å². The number of benzene rings is 1. The Hall–Kier alpha value is -0.430. The highest BCUT2D eigenvalue weighted by atomic mass is 127. The van der Waals surface area contributed by atoms with Gasteiger partial charge in [0.1, 0.15) is 0 Å². The molecule has 1 aliphatic rings. The van der Waals surface area contributed by atoms with Crippen molar-refractivity contribution in [3.05, 3.63) is 35.9 Å². The zero-order valence-electron chi connectivity index (χ0n) is 12.2. The van der Waals surface area contributed by atoms with E-state index in [1.165, 1.54) is 24.2 Å². The summed E-state index contributed by atoms with van der Waals surface area (Å²) in [6.45, 7) is 4.12. The number of guanidine groups is 1. The number of thioether (sulfide) groups is 1. The van der Waals surface area contributed by atoms with Crippen LogP contribution in [-0.2, 0) is 6.54 Å². The summed E-state index contributed by atoms with van der Waals surface area (Å²) in [7, 11) is 1.82. The van der Waals surface area contributed by atoms with Crippen LogP contribution < -0.4 is 10.6 Å². The molecule has 1 saturated heterocycles. The molecule has 20 heavy (non-hydrogen) atoms. The summed E-state index contributed by atoms with van der Waals surface area (Å²) < 4.78 is 0.365. The van der Waals surface area contributed by atoms with Crippen LogP contribution in [0.3, 0.4) is 0 Å². The van der Waals surface area contributed by atoms with Gasteiger partial charge in [0.15, 0.2) is 5.96 Å². The molecule has 2 rings (SSSR count). The van der Waals surface area contributed by atoms with E-state index >= 15 is 0 Å². The molecule has 3 nitrogen and oxygen atoms in total. The first kappa shape index (κ1) is 17.6. The molecule has 0 aromatic heterocycles. The molecule has 1 aromatic rings. The summed E-state index contributed by atoms with van der Waals surface area (Å²) >= 11 is 2.07. The van der Waals surface area contributed by atoms with Crippen LogP contribution in [-0.4, -0.2) is 30.1 Å². The number of nitrogens with zero attached hydrogens (tertiary/aromatic N) is 1. The molecule has 2 N–H and O–H groups in total. The van der Waals surface area contributed by atoms with Crippen LogP contribution in [0.5, 0.6) is 0 Å². The van der Waals surface area contributed by atoms with Crippen LogP contribution in [0.25, 0.3) is 0 Å². The Labute approximate surface area is 143 Å². The van der Waals surface area contributed by atoms with Gasteiger partial charge in [0.05, 0.1) is 0 Å². The van der Waals surface area contributed by atoms with Gasteiger partial charge in [-0.3, -0.25) is 4.99 Å². The minimum Gasteiger partial charge on any atom is -0.355 e. The van der Waals surface area contributed by atoms with Gasteiger partial charge in [-0.15, -0.1) is 24.0 Å². The molecular weight excluding hydrogens is 381 g/mol. The van der Waals surface area contributed by atoms with Crippen molar-refractivity contribution in [2.75, 3.05) is 19.3 Å². The Balaban J connectivity index is 0.00000200. The predicted molar refractivity (Wildman–Crippen MR) is 100 cm³/mol. The van der Waals surface area contributed by atoms with E-state index in [-0.39, 0.29) is 24.0 Å². The first-order valence-electron chi connectivity index (χ1n) is 6.84. The number of hydrogen-bond acceptors (Lipinski definition) is 2. The van der Waals surface area contributed by atoms with Crippen LogP contribution in [0.2, 0.25) is 0 Å². The zero-order chi connectivity index (χ0) is 13.6. The van der Waals surface area contributed by atoms with Crippen molar-refractivity contribution in [3.63, 3.8) is 0 Å². The molecule has 0 radical (unpaired) electrons. The van der Waals surface area contributed by atoms with Crippen LogP contribution in [0.4, 0.5) is 0 Å². The van der Waals surface area contributed by atoms with E-state index in [4.69, 9.17) is 0 Å². The molecule has 0 spiro atoms. The van der Waals surface area contributed by atoms with E-state index in [9.17, 15) is 0 Å². The second-order valence-electron chi connectivity index (χ2n) is 5.17. The highest BCUT2D eigenvalue weighted by Crippen LogP contribution is 2.36. The molecule has 0 saturated carbocycles. The lowest BCUT2D eigenvalue weighted by molar-refractivity contribution is 0.584. The van der Waals surface area contributed by atoms with E-state index in [1.807, 2.05) is 13.1 Å². The summed E-state index contributed by atoms with van der Waals surface area (Å²) in [6.07, 6.45) is 2.62. The van der Waals surface area contributed by atoms with Crippen LogP contribution in [0, 0.1) is 0 Å². The Kier molecular flexibility index (Phi) is 7.72. The summed E-state index contributed by atoms with van der Waals surface area (Å²) in [4.78, 5) is 4.28. The topological polar surface area (TPSA) is 36.4 Å². The molecule has 1 aromatic carbocycles. The molecule has 1 heterocycles. The van der Waals surface area contributed by atoms with E-state index in [0.29, 0.717) is 4.75 Å². The van der Waals surface area contributed by atoms with Crippen molar-refractivity contribution in [3.8, 4) is 0 Å². The molecule has 1 atom stereocenters. The fourth-order valence-corrected chi connectivity index (χ4v) is 3.49. The largest absolute Gasteiger partial charge is 0.355 e. The quantitative estimate of drug-likeness (QED) is 0.459. The Morgan fingerprint density at radius 2 is 2.05 bits per heavy atom. The second kappa shape index (κ2) is 8.77. The highest BCUT2D eigenvalue weighted by Gasteiger charge is 2.29. The normalized spacial score (nSPS) is 22.2. The van der Waals surface area contributed by atoms with Gasteiger partial charge in [0.25, 0.3) is 0 Å². The summed E-state index contributed by atoms with van der Waals surface area (Å²) in [6, 6.07) is 10.4. The lowest BCUT2D eigenvalue weighted by Crippen LogP contribution is -2.43. The van der Waals surface area contributed by atoms with Gasteiger partial charge in [-0.05, 0) is 31.1 Å². The van der Waals surface area contributed by atoms with Crippen molar-refractivity contribution in [1.82, 2.24) is 10.6 Å². The lowest BCUT2D eigenvalue weighted by Gasteiger charge is -2.24. The molecule has 1 aliphatic heterocycles. The van der Waals surface area contributed by atoms with Crippen molar-refractivity contribution in [1.29, 1.82) is 0 Å². The minimum absolute atomic E-state index is 0. The first-order valence-corrected chi connectivity index (χ1v) is 7.83. The average molecular weight is 405 g/mol. The molecule has 1 fully saturated rings. The average Bonchev–Trinajstić information content (AvgIpc) is 2.87. The fraction of sp³-hybridized carbons (Fsp3) is 0.533. The van der Waals surface area contributed by atoms with Gasteiger partial charge >= 0.3 is 0 Å². The van der Waals surface area contributed by atoms with Crippen LogP contribution >= 0.6 is 35.7 Å². The van der Waals surface area contributed by atoms with Gasteiger partial charge in [-0.1, -0.05) is 30.3 Å². The monoisotopic (exact) mass is 405 g/mol. The lowest BCUT2D eigenvalue weighted by atomic mass is 10.1. The van der Waals surface area contributed by atoms with E-state index in [2.05, 4.69) is 58.6 Å². The van der Waals surface area contributed by atoms with Crippen molar-refractivity contribution in [2.24, 2.45) is 4.99 Å². The maximum Gasteiger partial charge on any atom is 0.191 e. The molecule has 112 valence electrons. The SMILES string of the molecule is CN=C(NCc1ccccc1)NCC1(C)CCCS1.I. The first-order chi connectivity index (χ1) is 9.22. The number of rotatable bonds is 4. The van der Waals surface area contributed by atoms with Gasteiger partial charge < -0.3 is 10.6 Å². The summed E-state index contributed by atoms with van der Waals surface area (Å²) in [5, 5.41) is 6.80. The molecule has 0 bridgehead atoms. The van der Waals surface area contributed by atoms with Gasteiger partial charge in [-0.25, -0.2) is 0 Å². The number of aliphatic imine (C=N–C) groups is 1. The zero-order valence-corrected chi connectivity index (χ0v) is 15.3.